The van der Waals surface area contributed by atoms with E-state index < -0.39 is 5.91 Å². The van der Waals surface area contributed by atoms with Crippen LogP contribution in [0, 0.1) is 0 Å². The van der Waals surface area contributed by atoms with Crippen molar-refractivity contribution < 1.29 is 14.3 Å². The van der Waals surface area contributed by atoms with Gasteiger partial charge in [0.05, 0.1) is 13.3 Å². The molecule has 3 rings (SSSR count). The van der Waals surface area contributed by atoms with E-state index in [0.717, 1.165) is 5.56 Å². The third kappa shape index (κ3) is 5.65. The van der Waals surface area contributed by atoms with Gasteiger partial charge in [0.2, 0.25) is 0 Å². The number of hydrazone groups is 1. The van der Waals surface area contributed by atoms with Gasteiger partial charge in [0.1, 0.15) is 11.4 Å². The summed E-state index contributed by atoms with van der Waals surface area (Å²) in [6, 6.07) is 25.2. The van der Waals surface area contributed by atoms with E-state index in [-0.39, 0.29) is 11.6 Å². The Hall–Kier alpha value is -4.19. The lowest BCUT2D eigenvalue weighted by atomic mass is 10.1. The molecule has 0 saturated carbocycles. The van der Waals surface area contributed by atoms with E-state index in [0.29, 0.717) is 16.9 Å². The Kier molecular flexibility index (Phi) is 7.11. The molecule has 6 heteroatoms. The van der Waals surface area contributed by atoms with E-state index in [1.54, 1.807) is 43.5 Å². The Labute approximate surface area is 174 Å². The lowest BCUT2D eigenvalue weighted by molar-refractivity contribution is -0.117. The molecule has 0 fully saturated rings. The Morgan fingerprint density at radius 2 is 1.50 bits per heavy atom. The predicted molar refractivity (Wildman–Crippen MR) is 117 cm³/mol. The van der Waals surface area contributed by atoms with Crippen LogP contribution < -0.4 is 15.5 Å². The molecular weight excluding hydrogens is 378 g/mol. The van der Waals surface area contributed by atoms with Gasteiger partial charge in [-0.2, -0.15) is 5.10 Å². The lowest BCUT2D eigenvalue weighted by Crippen LogP contribution is -2.32. The van der Waals surface area contributed by atoms with Gasteiger partial charge in [0.25, 0.3) is 11.8 Å². The van der Waals surface area contributed by atoms with Gasteiger partial charge in [-0.05, 0) is 35.9 Å². The van der Waals surface area contributed by atoms with Gasteiger partial charge in [-0.25, -0.2) is 5.43 Å². The summed E-state index contributed by atoms with van der Waals surface area (Å²) in [6.07, 6.45) is 3.07. The highest BCUT2D eigenvalue weighted by molar-refractivity contribution is 6.05. The Morgan fingerprint density at radius 3 is 2.20 bits per heavy atom. The second-order valence-corrected chi connectivity index (χ2v) is 6.23. The van der Waals surface area contributed by atoms with E-state index >= 15 is 0 Å². The monoisotopic (exact) mass is 399 g/mol. The van der Waals surface area contributed by atoms with Crippen molar-refractivity contribution in [3.05, 3.63) is 107 Å². The van der Waals surface area contributed by atoms with Crippen molar-refractivity contribution in [2.45, 2.75) is 0 Å². The fraction of sp³-hybridized carbons (Fsp3) is 0.0417. The van der Waals surface area contributed by atoms with Crippen molar-refractivity contribution in [1.82, 2.24) is 10.7 Å². The van der Waals surface area contributed by atoms with Gasteiger partial charge in [-0.3, -0.25) is 9.59 Å². The third-order valence-corrected chi connectivity index (χ3v) is 4.15. The Morgan fingerprint density at radius 1 is 0.867 bits per heavy atom. The largest absolute Gasteiger partial charge is 0.496 e. The number of benzene rings is 3. The number of hydrogen-bond donors (Lipinski definition) is 2. The molecule has 0 aliphatic carbocycles. The first kappa shape index (κ1) is 20.5. The van der Waals surface area contributed by atoms with Crippen molar-refractivity contribution in [2.24, 2.45) is 5.10 Å². The van der Waals surface area contributed by atoms with Crippen LogP contribution in [0.3, 0.4) is 0 Å². The molecule has 0 bridgehead atoms. The van der Waals surface area contributed by atoms with Crippen molar-refractivity contribution in [2.75, 3.05) is 7.11 Å². The van der Waals surface area contributed by atoms with Gasteiger partial charge in [0, 0.05) is 11.1 Å². The van der Waals surface area contributed by atoms with Crippen LogP contribution in [0.25, 0.3) is 6.08 Å². The van der Waals surface area contributed by atoms with E-state index in [4.69, 9.17) is 4.74 Å². The molecule has 0 radical (unpaired) electrons. The fourth-order valence-corrected chi connectivity index (χ4v) is 2.65. The standard InChI is InChI=1S/C24H21N3O3/c1-30-22-15-9-8-14-20(22)17-25-27-24(29)21(16-18-10-4-2-5-11-18)26-23(28)19-12-6-3-7-13-19/h2-17H,1H3,(H,26,28)(H,27,29)/b21-16-,25-17+. The molecule has 30 heavy (non-hydrogen) atoms. The van der Waals surface area contributed by atoms with Gasteiger partial charge >= 0.3 is 0 Å². The summed E-state index contributed by atoms with van der Waals surface area (Å²) in [4.78, 5) is 25.3. The maximum atomic E-state index is 12.7. The third-order valence-electron chi connectivity index (χ3n) is 4.15. The number of carbonyl (C=O) groups is 2. The molecule has 2 N–H and O–H groups in total. The zero-order valence-corrected chi connectivity index (χ0v) is 16.4. The van der Waals surface area contributed by atoms with Crippen molar-refractivity contribution in [3.8, 4) is 5.75 Å². The van der Waals surface area contributed by atoms with Crippen LogP contribution in [0.2, 0.25) is 0 Å². The van der Waals surface area contributed by atoms with Gasteiger partial charge in [-0.1, -0.05) is 60.7 Å². The maximum absolute atomic E-state index is 12.7. The topological polar surface area (TPSA) is 79.8 Å². The second-order valence-electron chi connectivity index (χ2n) is 6.23. The number of carbonyl (C=O) groups excluding carboxylic acids is 2. The molecule has 2 amide bonds. The first-order valence-corrected chi connectivity index (χ1v) is 9.27. The molecule has 3 aromatic rings. The first-order chi connectivity index (χ1) is 14.7. The number of nitrogens with one attached hydrogen (secondary N) is 2. The molecule has 0 aromatic heterocycles. The van der Waals surface area contributed by atoms with Gasteiger partial charge < -0.3 is 10.1 Å². The molecule has 0 atom stereocenters. The van der Waals surface area contributed by atoms with Crippen molar-refractivity contribution in [1.29, 1.82) is 0 Å². The minimum absolute atomic E-state index is 0.0761. The van der Waals surface area contributed by atoms with Crippen LogP contribution >= 0.6 is 0 Å². The summed E-state index contributed by atoms with van der Waals surface area (Å²) in [6.45, 7) is 0. The van der Waals surface area contributed by atoms with Crippen LogP contribution in [-0.4, -0.2) is 25.1 Å². The molecule has 3 aromatic carbocycles. The maximum Gasteiger partial charge on any atom is 0.287 e. The zero-order chi connectivity index (χ0) is 21.2. The van der Waals surface area contributed by atoms with Gasteiger partial charge in [0.15, 0.2) is 0 Å². The molecule has 0 spiro atoms. The average Bonchev–Trinajstić information content (AvgIpc) is 2.80. The number of ether oxygens (including phenoxy) is 1. The van der Waals surface area contributed by atoms with Crippen LogP contribution in [0.5, 0.6) is 5.75 Å². The zero-order valence-electron chi connectivity index (χ0n) is 16.4. The van der Waals surface area contributed by atoms with Crippen LogP contribution in [0.15, 0.2) is 95.7 Å². The van der Waals surface area contributed by atoms with Gasteiger partial charge in [-0.15, -0.1) is 0 Å². The highest BCUT2D eigenvalue weighted by atomic mass is 16.5. The van der Waals surface area contributed by atoms with Crippen LogP contribution in [0.4, 0.5) is 0 Å². The highest BCUT2D eigenvalue weighted by Crippen LogP contribution is 2.14. The molecule has 6 nitrogen and oxygen atoms in total. The Bertz CT molecular complexity index is 1060. The number of nitrogens with zero attached hydrogens (tertiary/aromatic N) is 1. The van der Waals surface area contributed by atoms with E-state index in [2.05, 4.69) is 15.8 Å². The smallest absolute Gasteiger partial charge is 0.287 e. The first-order valence-electron chi connectivity index (χ1n) is 9.27. The fourth-order valence-electron chi connectivity index (χ4n) is 2.65. The lowest BCUT2D eigenvalue weighted by Gasteiger charge is -2.09. The number of hydrogen-bond acceptors (Lipinski definition) is 4. The molecular formula is C24H21N3O3. The number of amides is 2. The van der Waals surface area contributed by atoms with E-state index in [1.807, 2.05) is 54.6 Å². The number of rotatable bonds is 7. The minimum Gasteiger partial charge on any atom is -0.496 e. The normalized spacial score (nSPS) is 11.2. The summed E-state index contributed by atoms with van der Waals surface area (Å²) in [5.74, 6) is -0.302. The summed E-state index contributed by atoms with van der Waals surface area (Å²) >= 11 is 0. The molecule has 150 valence electrons. The van der Waals surface area contributed by atoms with Crippen LogP contribution in [-0.2, 0) is 4.79 Å². The summed E-state index contributed by atoms with van der Waals surface area (Å²) in [5, 5.41) is 6.66. The van der Waals surface area contributed by atoms with Crippen LogP contribution in [0.1, 0.15) is 21.5 Å². The summed E-state index contributed by atoms with van der Waals surface area (Å²) in [7, 11) is 1.56. The highest BCUT2D eigenvalue weighted by Gasteiger charge is 2.14. The quantitative estimate of drug-likeness (QED) is 0.362. The summed E-state index contributed by atoms with van der Waals surface area (Å²) < 4.78 is 5.26. The predicted octanol–water partition coefficient (Wildman–Crippen LogP) is 3.62. The minimum atomic E-state index is -0.547. The molecule has 0 aliphatic heterocycles. The molecule has 0 heterocycles. The van der Waals surface area contributed by atoms with E-state index in [1.165, 1.54) is 6.21 Å². The van der Waals surface area contributed by atoms with E-state index in [9.17, 15) is 9.59 Å². The second kappa shape index (κ2) is 10.4. The summed E-state index contributed by atoms with van der Waals surface area (Å²) in [5.41, 5.74) is 4.45. The SMILES string of the molecule is COc1ccccc1/C=N/NC(=O)/C(=C/c1ccccc1)NC(=O)c1ccccc1. The molecule has 0 saturated heterocycles. The van der Waals surface area contributed by atoms with Crippen molar-refractivity contribution in [3.63, 3.8) is 0 Å². The molecule has 0 aliphatic rings. The average molecular weight is 399 g/mol. The number of methoxy groups -OCH3 is 1. The molecule has 0 unspecified atom stereocenters. The Balaban J connectivity index is 1.79. The number of para-hydroxylation sites is 1. The van der Waals surface area contributed by atoms with Crippen molar-refractivity contribution >= 4 is 24.1 Å².